The molecule has 1 aliphatic carbocycles. The van der Waals surface area contributed by atoms with E-state index in [4.69, 9.17) is 21.1 Å². The van der Waals surface area contributed by atoms with Gasteiger partial charge in [-0.25, -0.2) is 4.79 Å². The number of methoxy groups -OCH3 is 1. The minimum Gasteiger partial charge on any atom is -0.464 e. The predicted molar refractivity (Wildman–Crippen MR) is 96.8 cm³/mol. The van der Waals surface area contributed by atoms with Gasteiger partial charge in [0.1, 0.15) is 5.54 Å². The summed E-state index contributed by atoms with van der Waals surface area (Å²) in [4.78, 5) is 25.4. The topological polar surface area (TPSA) is 64.6 Å². The van der Waals surface area contributed by atoms with Crippen molar-refractivity contribution in [3.63, 3.8) is 0 Å². The molecule has 0 heterocycles. The number of carbonyl (C=O) groups excluding carboxylic acids is 2. The van der Waals surface area contributed by atoms with Crippen molar-refractivity contribution < 1.29 is 19.1 Å². The molecule has 1 aromatic carbocycles. The molecule has 3 unspecified atom stereocenters. The average molecular weight is 368 g/mol. The first kappa shape index (κ1) is 19.7. The molecule has 0 bridgehead atoms. The average Bonchev–Trinajstić information content (AvgIpc) is 2.99. The second-order valence-electron chi connectivity index (χ2n) is 6.61. The third-order valence-corrected chi connectivity index (χ3v) is 5.16. The van der Waals surface area contributed by atoms with Crippen LogP contribution in [0, 0.1) is 6.92 Å². The van der Waals surface area contributed by atoms with E-state index in [1.807, 2.05) is 26.0 Å². The molecule has 3 atom stereocenters. The number of hydrogen-bond acceptors (Lipinski definition) is 4. The maximum Gasteiger partial charge on any atom is 0.331 e. The summed E-state index contributed by atoms with van der Waals surface area (Å²) in [6.07, 6.45) is 1.60. The van der Waals surface area contributed by atoms with Gasteiger partial charge in [0.15, 0.2) is 0 Å². The lowest BCUT2D eigenvalue weighted by Crippen LogP contribution is -2.55. The summed E-state index contributed by atoms with van der Waals surface area (Å²) in [6, 6.07) is 5.45. The summed E-state index contributed by atoms with van der Waals surface area (Å²) < 4.78 is 10.6. The zero-order valence-corrected chi connectivity index (χ0v) is 16.0. The Labute approximate surface area is 154 Å². The lowest BCUT2D eigenvalue weighted by Gasteiger charge is -2.30. The second kappa shape index (κ2) is 8.19. The van der Waals surface area contributed by atoms with Gasteiger partial charge >= 0.3 is 5.97 Å². The number of nitrogens with one attached hydrogen (secondary N) is 1. The number of aryl methyl sites for hydroxylation is 1. The number of ether oxygens (including phenoxy) is 2. The van der Waals surface area contributed by atoms with E-state index in [2.05, 4.69) is 5.32 Å². The Bertz CT molecular complexity index is 648. The molecule has 2 rings (SSSR count). The molecule has 25 heavy (non-hydrogen) atoms. The van der Waals surface area contributed by atoms with Crippen molar-refractivity contribution in [2.24, 2.45) is 0 Å². The van der Waals surface area contributed by atoms with Crippen LogP contribution in [0.3, 0.4) is 0 Å². The van der Waals surface area contributed by atoms with E-state index in [0.717, 1.165) is 11.1 Å². The van der Waals surface area contributed by atoms with Crippen LogP contribution in [-0.2, 0) is 19.1 Å². The molecule has 0 aliphatic heterocycles. The van der Waals surface area contributed by atoms with E-state index in [0.29, 0.717) is 24.3 Å². The highest BCUT2D eigenvalue weighted by molar-refractivity contribution is 6.30. The van der Waals surface area contributed by atoms with E-state index >= 15 is 0 Å². The van der Waals surface area contributed by atoms with Crippen LogP contribution in [-0.4, -0.2) is 37.2 Å². The van der Waals surface area contributed by atoms with Gasteiger partial charge < -0.3 is 14.8 Å². The molecule has 1 amide bonds. The minimum atomic E-state index is -1.01. The molecule has 1 aliphatic rings. The zero-order valence-electron chi connectivity index (χ0n) is 15.2. The first-order valence-corrected chi connectivity index (χ1v) is 8.99. The van der Waals surface area contributed by atoms with Crippen molar-refractivity contribution in [2.75, 3.05) is 13.7 Å². The number of hydrogen-bond donors (Lipinski definition) is 1. The maximum absolute atomic E-state index is 12.9. The second-order valence-corrected chi connectivity index (χ2v) is 7.05. The fraction of sp³-hybridized carbons (Fsp3) is 0.579. The molecule has 0 saturated heterocycles. The Hall–Kier alpha value is -1.59. The number of halogens is 1. The van der Waals surface area contributed by atoms with Crippen molar-refractivity contribution in [3.8, 4) is 0 Å². The summed E-state index contributed by atoms with van der Waals surface area (Å²) in [6.45, 7) is 5.78. The van der Waals surface area contributed by atoms with Gasteiger partial charge in [-0.15, -0.1) is 0 Å². The Morgan fingerprint density at radius 2 is 2.16 bits per heavy atom. The van der Waals surface area contributed by atoms with Crippen molar-refractivity contribution in [3.05, 3.63) is 34.3 Å². The molecule has 1 saturated carbocycles. The Morgan fingerprint density at radius 1 is 1.44 bits per heavy atom. The summed E-state index contributed by atoms with van der Waals surface area (Å²) in [5.41, 5.74) is 0.825. The van der Waals surface area contributed by atoms with Gasteiger partial charge in [-0.05, 0) is 56.9 Å². The smallest absolute Gasteiger partial charge is 0.331 e. The monoisotopic (exact) mass is 367 g/mol. The normalized spacial score (nSPS) is 24.0. The SMILES string of the molecule is CCOC(=O)C1(NC(=O)C(C)c2ccc(Cl)cc2C)CCC(OC)C1. The first-order valence-electron chi connectivity index (χ1n) is 8.61. The van der Waals surface area contributed by atoms with Crippen LogP contribution in [0.25, 0.3) is 0 Å². The van der Waals surface area contributed by atoms with Crippen LogP contribution < -0.4 is 5.32 Å². The molecular weight excluding hydrogens is 342 g/mol. The molecule has 0 spiro atoms. The number of amides is 1. The lowest BCUT2D eigenvalue weighted by molar-refractivity contribution is -0.153. The largest absolute Gasteiger partial charge is 0.464 e. The van der Waals surface area contributed by atoms with E-state index in [9.17, 15) is 9.59 Å². The number of rotatable bonds is 6. The van der Waals surface area contributed by atoms with Crippen molar-refractivity contribution in [1.82, 2.24) is 5.32 Å². The highest BCUT2D eigenvalue weighted by Gasteiger charge is 2.48. The Morgan fingerprint density at radius 3 is 2.72 bits per heavy atom. The fourth-order valence-electron chi connectivity index (χ4n) is 3.43. The third-order valence-electron chi connectivity index (χ3n) is 4.92. The van der Waals surface area contributed by atoms with Crippen LogP contribution in [0.2, 0.25) is 5.02 Å². The predicted octanol–water partition coefficient (Wildman–Crippen LogP) is 3.37. The van der Waals surface area contributed by atoms with Gasteiger partial charge in [-0.2, -0.15) is 0 Å². The van der Waals surface area contributed by atoms with Gasteiger partial charge in [-0.3, -0.25) is 4.79 Å². The first-order chi connectivity index (χ1) is 11.8. The summed E-state index contributed by atoms with van der Waals surface area (Å²) in [5, 5.41) is 3.59. The van der Waals surface area contributed by atoms with Crippen molar-refractivity contribution in [2.45, 2.75) is 57.6 Å². The minimum absolute atomic E-state index is 0.0581. The molecule has 1 aromatic rings. The molecule has 6 heteroatoms. The van der Waals surface area contributed by atoms with E-state index in [1.165, 1.54) is 0 Å². The Balaban J connectivity index is 2.20. The Kier molecular flexibility index (Phi) is 6.47. The van der Waals surface area contributed by atoms with Gasteiger partial charge in [-0.1, -0.05) is 17.7 Å². The quantitative estimate of drug-likeness (QED) is 0.783. The van der Waals surface area contributed by atoms with Gasteiger partial charge in [0.05, 0.1) is 18.6 Å². The van der Waals surface area contributed by atoms with E-state index in [-0.39, 0.29) is 24.6 Å². The van der Waals surface area contributed by atoms with Crippen LogP contribution in [0.5, 0.6) is 0 Å². The molecule has 0 radical (unpaired) electrons. The molecular formula is C19H26ClNO4. The fourth-order valence-corrected chi connectivity index (χ4v) is 3.66. The van der Waals surface area contributed by atoms with Crippen LogP contribution in [0.4, 0.5) is 0 Å². The summed E-state index contributed by atoms with van der Waals surface area (Å²) in [7, 11) is 1.62. The molecule has 1 N–H and O–H groups in total. The number of benzene rings is 1. The van der Waals surface area contributed by atoms with Crippen molar-refractivity contribution in [1.29, 1.82) is 0 Å². The van der Waals surface area contributed by atoms with Gasteiger partial charge in [0.25, 0.3) is 0 Å². The van der Waals surface area contributed by atoms with E-state index < -0.39 is 11.5 Å². The summed E-state index contributed by atoms with van der Waals surface area (Å²) in [5.74, 6) is -0.983. The number of esters is 1. The number of carbonyl (C=O) groups is 2. The molecule has 138 valence electrons. The van der Waals surface area contributed by atoms with Crippen molar-refractivity contribution >= 4 is 23.5 Å². The van der Waals surface area contributed by atoms with Crippen LogP contribution >= 0.6 is 11.6 Å². The van der Waals surface area contributed by atoms with Crippen LogP contribution in [0.1, 0.15) is 50.2 Å². The summed E-state index contributed by atoms with van der Waals surface area (Å²) >= 11 is 5.99. The third kappa shape index (κ3) is 4.33. The zero-order chi connectivity index (χ0) is 18.6. The molecule has 1 fully saturated rings. The molecule has 5 nitrogen and oxygen atoms in total. The molecule has 0 aromatic heterocycles. The standard InChI is InChI=1S/C19H26ClNO4/c1-5-25-18(23)19(9-8-15(11-19)24-4)21-17(22)13(3)16-7-6-14(20)10-12(16)2/h6-7,10,13,15H,5,8-9,11H2,1-4H3,(H,21,22). The highest BCUT2D eigenvalue weighted by Crippen LogP contribution is 2.34. The highest BCUT2D eigenvalue weighted by atomic mass is 35.5. The maximum atomic E-state index is 12.9. The van der Waals surface area contributed by atoms with E-state index in [1.54, 1.807) is 20.1 Å². The lowest BCUT2D eigenvalue weighted by atomic mass is 9.92. The van der Waals surface area contributed by atoms with Gasteiger partial charge in [0.2, 0.25) is 5.91 Å². The van der Waals surface area contributed by atoms with Gasteiger partial charge in [0, 0.05) is 18.6 Å². The van der Waals surface area contributed by atoms with Crippen LogP contribution in [0.15, 0.2) is 18.2 Å².